The van der Waals surface area contributed by atoms with Crippen LogP contribution in [-0.4, -0.2) is 99.7 Å². The Hall–Kier alpha value is -18.0. The third-order valence-corrected chi connectivity index (χ3v) is 26.5. The molecule has 1 fully saturated rings. The minimum Gasteiger partial charge on any atom is -0.361 e. The minimum atomic E-state index is -0.312. The maximum absolute atomic E-state index is 14.3. The maximum Gasteiger partial charge on any atom is 0.149 e. The van der Waals surface area contributed by atoms with Crippen LogP contribution < -0.4 is 26.6 Å². The van der Waals surface area contributed by atoms with E-state index in [4.69, 9.17) is 34.9 Å². The summed E-state index contributed by atoms with van der Waals surface area (Å²) in [6.45, 7) is 11.0. The molecule has 0 radical (unpaired) electrons. The van der Waals surface area contributed by atoms with Gasteiger partial charge in [0.05, 0.1) is 92.0 Å². The zero-order chi connectivity index (χ0) is 95.3. The molecule has 141 heavy (non-hydrogen) atoms. The third kappa shape index (κ3) is 19.8. The van der Waals surface area contributed by atoms with Crippen molar-refractivity contribution in [3.05, 3.63) is 382 Å². The topological polar surface area (TPSA) is 327 Å². The first kappa shape index (κ1) is 88.3. The van der Waals surface area contributed by atoms with Gasteiger partial charge in [0, 0.05) is 239 Å². The van der Waals surface area contributed by atoms with Crippen LogP contribution in [0.2, 0.25) is 0 Å². The molecule has 8 N–H and O–H groups in total. The van der Waals surface area contributed by atoms with Gasteiger partial charge in [-0.2, -0.15) is 0 Å². The molecule has 0 atom stereocenters. The second-order valence-electron chi connectivity index (χ2n) is 35.2. The fraction of sp³-hybridized carbons (Fsp3) is 0.0885. The molecule has 1 aliphatic rings. The minimum absolute atomic E-state index is 0.0783. The quantitative estimate of drug-likeness (QED) is 0.0420. The van der Waals surface area contributed by atoms with Crippen molar-refractivity contribution in [1.29, 1.82) is 0 Å². The lowest BCUT2D eigenvalue weighted by Crippen LogP contribution is -2.10. The number of H-pyrrole nitrogens is 3. The first-order valence-electron chi connectivity index (χ1n) is 46.1. The zero-order valence-electron chi connectivity index (χ0n) is 76.9. The summed E-state index contributed by atoms with van der Waals surface area (Å²) in [5, 5.41) is 27.6. The number of anilines is 10. The lowest BCUT2D eigenvalue weighted by molar-refractivity contribution is 0.574. The molecule has 0 saturated heterocycles. The van der Waals surface area contributed by atoms with E-state index in [1.165, 1.54) is 44.4 Å². The van der Waals surface area contributed by atoms with Gasteiger partial charge in [0.15, 0.2) is 0 Å². The summed E-state index contributed by atoms with van der Waals surface area (Å²) in [6, 6.07) is 83.7. The highest BCUT2D eigenvalue weighted by atomic mass is 32.1. The molecule has 26 rings (SSSR count). The van der Waals surface area contributed by atoms with Crippen molar-refractivity contribution in [3.63, 3.8) is 0 Å². The molecule has 20 heterocycles. The van der Waals surface area contributed by atoms with Crippen molar-refractivity contribution in [1.82, 2.24) is 99.7 Å². The number of thiazole rings is 2. The number of benzene rings is 5. The van der Waals surface area contributed by atoms with Gasteiger partial charge in [-0.1, -0.05) is 34.6 Å². The van der Waals surface area contributed by atoms with Gasteiger partial charge in [0.1, 0.15) is 34.9 Å². The molecule has 0 aliphatic heterocycles. The smallest absolute Gasteiger partial charge is 0.149 e. The SMILES string of the molecule is CC(C)(C)c1cc2cc(Nc3nc(-c4ccncc4)cc4ncccc34)ccc2[nH]1.CC(C)c1nc2ccc(Nc3nc(-c4ccncc4)cc4ncccc34)cc2s1.Fc1cc(Nc2nc(-c3ccncc3)cc3ncccc23)cc2cc[nH]c12.c1cnc2cc(-c3ccncc3)nc(Nc3ccc4[nH]ccc4c3)c2c1.c1cnc2cc(-c3ccncc3)nc(Nc3ccc4nc(C5CC5)sc4c3)c2c1. The molecular formula is C113H88FN25S2. The van der Waals surface area contributed by atoms with Crippen molar-refractivity contribution >= 4 is 188 Å². The monoisotopic (exact) mass is 1880 g/mol. The number of hydrogen-bond acceptors (Lipinski definition) is 24. The molecule has 0 bridgehead atoms. The number of rotatable bonds is 17. The number of pyridine rings is 15. The van der Waals surface area contributed by atoms with Gasteiger partial charge in [-0.15, -0.1) is 22.7 Å². The number of hydrogen-bond donors (Lipinski definition) is 8. The highest BCUT2D eigenvalue weighted by molar-refractivity contribution is 7.19. The summed E-state index contributed by atoms with van der Waals surface area (Å²) in [7, 11) is 0. The van der Waals surface area contributed by atoms with Crippen molar-refractivity contribution in [2.24, 2.45) is 0 Å². The van der Waals surface area contributed by atoms with E-state index in [-0.39, 0.29) is 11.2 Å². The normalized spacial score (nSPS) is 11.9. The first-order valence-corrected chi connectivity index (χ1v) is 47.7. The predicted octanol–water partition coefficient (Wildman–Crippen LogP) is 28.3. The Bertz CT molecular complexity index is 8660. The summed E-state index contributed by atoms with van der Waals surface area (Å²) >= 11 is 3.55. The largest absolute Gasteiger partial charge is 0.361 e. The Morgan fingerprint density at radius 1 is 0.319 bits per heavy atom. The van der Waals surface area contributed by atoms with Crippen LogP contribution in [0.15, 0.2) is 360 Å². The van der Waals surface area contributed by atoms with Crippen LogP contribution in [0.1, 0.15) is 75.0 Å². The van der Waals surface area contributed by atoms with Crippen LogP contribution in [0.5, 0.6) is 0 Å². The lowest BCUT2D eigenvalue weighted by Gasteiger charge is -2.15. The molecule has 5 aromatic carbocycles. The van der Waals surface area contributed by atoms with Gasteiger partial charge in [-0.3, -0.25) is 49.8 Å². The molecule has 20 aromatic heterocycles. The Labute approximate surface area is 815 Å². The molecule has 0 spiro atoms. The van der Waals surface area contributed by atoms with E-state index in [0.717, 1.165) is 195 Å². The van der Waals surface area contributed by atoms with Gasteiger partial charge in [-0.05, 0) is 268 Å². The standard InChI is InChI=1S/C25H23N5.C23H17N5S.C23H19N5S.C21H14FN5.C21H15N5/c1-25(2,3)23-14-17-13-18(6-7-20(17)29-23)28-24-19-5-4-10-27-22(19)15-21(30-24)16-8-11-26-12-9-16;1-2-17-20(25-9-1)13-19(14-7-10-24-11-8-14)27-22(17)26-16-5-6-18-21(12-16)29-23(28-18)15-3-4-15;1-14(2)23-28-18-6-5-16(12-21(18)29-23)26-22-17-4-3-9-25-20(17)13-19(27-22)15-7-10-24-11-8-15;22-17-11-15(10-14-5-9-25-20(14)17)26-21-16-2-1-6-24-19(16)12-18(27-21)13-3-7-23-8-4-13;1-2-17-20(23-8-1)13-19(14-5-9-22-10-6-14)26-21(17)25-16-3-4-18-15(12-16)7-11-24-18/h4-15,29H,1-3H3,(H,28,30);1-2,5-13,15H,3-4H2,(H,26,27);3-14H,1-2H3,(H,26,27);1-12,25H,(H,26,27);1-13,24H,(H,25,26). The number of aromatic amines is 3. The zero-order valence-corrected chi connectivity index (χ0v) is 78.6. The predicted molar refractivity (Wildman–Crippen MR) is 569 cm³/mol. The Morgan fingerprint density at radius 2 is 0.667 bits per heavy atom. The van der Waals surface area contributed by atoms with Crippen molar-refractivity contribution in [2.75, 3.05) is 26.6 Å². The molecule has 0 unspecified atom stereocenters. The molecule has 1 saturated carbocycles. The van der Waals surface area contributed by atoms with Gasteiger partial charge in [0.2, 0.25) is 0 Å². The average Bonchev–Trinajstić information content (AvgIpc) is 1.75. The third-order valence-electron chi connectivity index (χ3n) is 24.0. The highest BCUT2D eigenvalue weighted by Crippen LogP contribution is 2.45. The lowest BCUT2D eigenvalue weighted by atomic mass is 9.92. The van der Waals surface area contributed by atoms with Crippen LogP contribution in [0.4, 0.5) is 61.9 Å². The van der Waals surface area contributed by atoms with E-state index in [2.05, 4.69) is 205 Å². The summed E-state index contributed by atoms with van der Waals surface area (Å²) in [6.07, 6.45) is 32.8. The van der Waals surface area contributed by atoms with Crippen molar-refractivity contribution < 1.29 is 4.39 Å². The number of halogens is 1. The summed E-state index contributed by atoms with van der Waals surface area (Å²) < 4.78 is 16.7. The van der Waals surface area contributed by atoms with E-state index in [0.29, 0.717) is 28.9 Å². The van der Waals surface area contributed by atoms with Crippen LogP contribution in [0, 0.1) is 5.82 Å². The molecular weight excluding hydrogens is 1790 g/mol. The van der Waals surface area contributed by atoms with Crippen molar-refractivity contribution in [3.8, 4) is 56.3 Å². The van der Waals surface area contributed by atoms with E-state index >= 15 is 0 Å². The Balaban J connectivity index is 0.000000101. The maximum atomic E-state index is 14.3. The number of aromatic nitrogens is 20. The van der Waals surface area contributed by atoms with Gasteiger partial charge in [0.25, 0.3) is 0 Å². The highest BCUT2D eigenvalue weighted by Gasteiger charge is 2.28. The summed E-state index contributed by atoms with van der Waals surface area (Å²) in [5.74, 6) is 4.59. The first-order chi connectivity index (χ1) is 69.1. The second-order valence-corrected chi connectivity index (χ2v) is 37.4. The molecule has 1 aliphatic carbocycles. The van der Waals surface area contributed by atoms with E-state index in [9.17, 15) is 4.39 Å². The molecule has 25 nitrogen and oxygen atoms in total. The summed E-state index contributed by atoms with van der Waals surface area (Å²) in [4.78, 5) is 86.5. The second kappa shape index (κ2) is 39.0. The Kier molecular flexibility index (Phi) is 24.4. The number of fused-ring (bicyclic) bond motifs is 10. The van der Waals surface area contributed by atoms with Crippen LogP contribution >= 0.6 is 22.7 Å². The Morgan fingerprint density at radius 3 is 1.06 bits per heavy atom. The van der Waals surface area contributed by atoms with Crippen LogP contribution in [0.3, 0.4) is 0 Å². The van der Waals surface area contributed by atoms with E-state index < -0.39 is 0 Å². The van der Waals surface area contributed by atoms with E-state index in [1.54, 1.807) is 109 Å². The summed E-state index contributed by atoms with van der Waals surface area (Å²) in [5.41, 5.74) is 24.4. The molecule has 684 valence electrons. The van der Waals surface area contributed by atoms with Crippen LogP contribution in [-0.2, 0) is 5.41 Å². The number of nitrogens with zero attached hydrogens (tertiary/aromatic N) is 17. The molecule has 28 heteroatoms. The van der Waals surface area contributed by atoms with Gasteiger partial charge in [-0.25, -0.2) is 39.3 Å². The molecule has 0 amide bonds. The molecule has 25 aromatic rings. The fourth-order valence-corrected chi connectivity index (χ4v) is 18.8. The van der Waals surface area contributed by atoms with E-state index in [1.807, 2.05) is 188 Å². The van der Waals surface area contributed by atoms with Gasteiger partial charge < -0.3 is 41.5 Å². The fourth-order valence-electron chi connectivity index (χ4n) is 16.6. The van der Waals surface area contributed by atoms with Gasteiger partial charge >= 0.3 is 0 Å². The van der Waals surface area contributed by atoms with Crippen LogP contribution in [0.25, 0.3) is 164 Å². The van der Waals surface area contributed by atoms with Crippen molar-refractivity contribution in [2.45, 2.75) is 64.7 Å². The average molecular weight is 1880 g/mol. The number of nitrogens with one attached hydrogen (secondary N) is 8.